The molecule has 6 heteroatoms. The summed E-state index contributed by atoms with van der Waals surface area (Å²) in [5, 5.41) is 10.2. The molecule has 100 valence electrons. The maximum Gasteiger partial charge on any atom is 0.322 e. The molecule has 2 aromatic rings. The summed E-state index contributed by atoms with van der Waals surface area (Å²) in [6.07, 6.45) is 1.96. The molecule has 1 heterocycles. The molecule has 0 saturated heterocycles. The van der Waals surface area contributed by atoms with Gasteiger partial charge in [0, 0.05) is 17.9 Å². The van der Waals surface area contributed by atoms with Crippen LogP contribution in [0.25, 0.3) is 11.5 Å². The fourth-order valence-electron chi connectivity index (χ4n) is 1.53. The third-order valence-electron chi connectivity index (χ3n) is 2.48. The molecule has 0 saturated carbocycles. The number of aromatic nitrogens is 2. The van der Waals surface area contributed by atoms with E-state index < -0.39 is 0 Å². The van der Waals surface area contributed by atoms with E-state index in [0.29, 0.717) is 18.2 Å². The molecule has 0 aliphatic heterocycles. The van der Waals surface area contributed by atoms with E-state index in [1.807, 2.05) is 30.3 Å². The van der Waals surface area contributed by atoms with Crippen molar-refractivity contribution < 1.29 is 9.21 Å². The van der Waals surface area contributed by atoms with Gasteiger partial charge in [0.15, 0.2) is 0 Å². The normalized spacial score (nSPS) is 10.4. The lowest BCUT2D eigenvalue weighted by Gasteiger charge is -1.98. The number of amides is 1. The Kier molecular flexibility index (Phi) is 4.92. The van der Waals surface area contributed by atoms with E-state index in [9.17, 15) is 4.79 Å². The van der Waals surface area contributed by atoms with Crippen LogP contribution in [0.3, 0.4) is 0 Å². The van der Waals surface area contributed by atoms with Gasteiger partial charge < -0.3 is 4.42 Å². The maximum atomic E-state index is 11.6. The molecule has 0 aliphatic carbocycles. The first-order chi connectivity index (χ1) is 9.29. The van der Waals surface area contributed by atoms with Crippen LogP contribution < -0.4 is 5.32 Å². The Morgan fingerprint density at radius 2 is 2.00 bits per heavy atom. The fraction of sp³-hybridized carbons (Fsp3) is 0.308. The summed E-state index contributed by atoms with van der Waals surface area (Å²) < 4.78 is 5.37. The number of carbonyl (C=O) groups is 1. The van der Waals surface area contributed by atoms with Crippen molar-refractivity contribution in [2.45, 2.75) is 19.3 Å². The molecule has 5 nitrogen and oxygen atoms in total. The smallest absolute Gasteiger partial charge is 0.322 e. The molecule has 1 aromatic heterocycles. The number of hydrogen-bond donors (Lipinski definition) is 1. The number of benzene rings is 1. The van der Waals surface area contributed by atoms with Gasteiger partial charge in [-0.3, -0.25) is 10.1 Å². The first kappa shape index (κ1) is 13.5. The Morgan fingerprint density at radius 3 is 2.74 bits per heavy atom. The number of unbranched alkanes of at least 4 members (excludes halogenated alkanes) is 1. The minimum absolute atomic E-state index is 0.120. The van der Waals surface area contributed by atoms with E-state index in [-0.39, 0.29) is 11.9 Å². The van der Waals surface area contributed by atoms with Crippen molar-refractivity contribution in [2.75, 3.05) is 11.2 Å². The minimum atomic E-state index is -0.145. The highest BCUT2D eigenvalue weighted by Gasteiger charge is 2.10. The molecule has 0 aliphatic rings. The maximum absolute atomic E-state index is 11.6. The highest BCUT2D eigenvalue weighted by molar-refractivity contribution is 6.17. The van der Waals surface area contributed by atoms with Crippen LogP contribution in [0.5, 0.6) is 0 Å². The lowest BCUT2D eigenvalue weighted by atomic mass is 10.2. The van der Waals surface area contributed by atoms with Gasteiger partial charge >= 0.3 is 6.01 Å². The number of alkyl halides is 1. The third-order valence-corrected chi connectivity index (χ3v) is 2.75. The molecule has 0 atom stereocenters. The summed E-state index contributed by atoms with van der Waals surface area (Å²) in [5.74, 6) is 0.802. The van der Waals surface area contributed by atoms with E-state index in [0.717, 1.165) is 18.4 Å². The quantitative estimate of drug-likeness (QED) is 0.652. The van der Waals surface area contributed by atoms with Crippen molar-refractivity contribution in [3.8, 4) is 11.5 Å². The number of carbonyl (C=O) groups excluding carboxylic acids is 1. The second-order valence-corrected chi connectivity index (χ2v) is 4.35. The molecule has 1 N–H and O–H groups in total. The Balaban J connectivity index is 1.93. The summed E-state index contributed by atoms with van der Waals surface area (Å²) in [6.45, 7) is 0. The van der Waals surface area contributed by atoms with Crippen LogP contribution in [0.2, 0.25) is 0 Å². The molecule has 1 aromatic carbocycles. The van der Waals surface area contributed by atoms with E-state index in [1.165, 1.54) is 0 Å². The zero-order valence-corrected chi connectivity index (χ0v) is 11.1. The molecule has 0 radical (unpaired) electrons. The number of nitrogens with one attached hydrogen (secondary N) is 1. The molecule has 1 amide bonds. The van der Waals surface area contributed by atoms with Crippen molar-refractivity contribution in [3.63, 3.8) is 0 Å². The highest BCUT2D eigenvalue weighted by Crippen LogP contribution is 2.19. The Labute approximate surface area is 116 Å². The largest absolute Gasteiger partial charge is 0.403 e. The van der Waals surface area contributed by atoms with Crippen LogP contribution in [0, 0.1) is 0 Å². The van der Waals surface area contributed by atoms with Crippen LogP contribution in [-0.4, -0.2) is 22.0 Å². The van der Waals surface area contributed by atoms with Gasteiger partial charge in [0.1, 0.15) is 0 Å². The highest BCUT2D eigenvalue weighted by atomic mass is 35.5. The minimum Gasteiger partial charge on any atom is -0.403 e. The third kappa shape index (κ3) is 4.06. The second-order valence-electron chi connectivity index (χ2n) is 3.97. The lowest BCUT2D eigenvalue weighted by Crippen LogP contribution is -2.11. The summed E-state index contributed by atoms with van der Waals surface area (Å²) in [6, 6.07) is 9.50. The Morgan fingerprint density at radius 1 is 1.21 bits per heavy atom. The molecule has 19 heavy (non-hydrogen) atoms. The standard InChI is InChI=1S/C13H14ClN3O2/c14-9-5-4-8-11(18)15-13-17-16-12(19-13)10-6-2-1-3-7-10/h1-3,6-7H,4-5,8-9H2,(H,15,17,18). The van der Waals surface area contributed by atoms with Gasteiger partial charge in [0.2, 0.25) is 11.8 Å². The van der Waals surface area contributed by atoms with Crippen LogP contribution in [0.4, 0.5) is 6.01 Å². The van der Waals surface area contributed by atoms with Gasteiger partial charge in [0.25, 0.3) is 0 Å². The first-order valence-electron chi connectivity index (χ1n) is 6.04. The zero-order chi connectivity index (χ0) is 13.5. The Bertz CT molecular complexity index is 528. The Hall–Kier alpha value is -1.88. The van der Waals surface area contributed by atoms with Crippen molar-refractivity contribution >= 4 is 23.5 Å². The summed E-state index contributed by atoms with van der Waals surface area (Å²) in [7, 11) is 0. The van der Waals surface area contributed by atoms with Gasteiger partial charge in [-0.15, -0.1) is 16.7 Å². The average molecular weight is 280 g/mol. The van der Waals surface area contributed by atoms with Crippen molar-refractivity contribution in [2.24, 2.45) is 0 Å². The number of anilines is 1. The molecular weight excluding hydrogens is 266 g/mol. The SMILES string of the molecule is O=C(CCCCCl)Nc1nnc(-c2ccccc2)o1. The van der Waals surface area contributed by atoms with E-state index in [4.69, 9.17) is 16.0 Å². The van der Waals surface area contributed by atoms with Crippen LogP contribution >= 0.6 is 11.6 Å². The average Bonchev–Trinajstić information content (AvgIpc) is 2.88. The zero-order valence-electron chi connectivity index (χ0n) is 10.3. The summed E-state index contributed by atoms with van der Waals surface area (Å²) in [4.78, 5) is 11.6. The lowest BCUT2D eigenvalue weighted by molar-refractivity contribution is -0.116. The van der Waals surface area contributed by atoms with Crippen molar-refractivity contribution in [3.05, 3.63) is 30.3 Å². The molecule has 0 unspecified atom stereocenters. The molecule has 0 bridgehead atoms. The van der Waals surface area contributed by atoms with Crippen LogP contribution in [0.15, 0.2) is 34.7 Å². The predicted octanol–water partition coefficient (Wildman–Crippen LogP) is 3.08. The van der Waals surface area contributed by atoms with Crippen molar-refractivity contribution in [1.82, 2.24) is 10.2 Å². The molecule has 0 fully saturated rings. The van der Waals surface area contributed by atoms with Gasteiger partial charge in [-0.2, -0.15) is 0 Å². The predicted molar refractivity (Wildman–Crippen MR) is 72.9 cm³/mol. The summed E-state index contributed by atoms with van der Waals surface area (Å²) >= 11 is 5.54. The van der Waals surface area contributed by atoms with Gasteiger partial charge in [-0.1, -0.05) is 23.3 Å². The van der Waals surface area contributed by atoms with E-state index >= 15 is 0 Å². The van der Waals surface area contributed by atoms with E-state index in [2.05, 4.69) is 15.5 Å². The van der Waals surface area contributed by atoms with Crippen LogP contribution in [-0.2, 0) is 4.79 Å². The van der Waals surface area contributed by atoms with Gasteiger partial charge in [0.05, 0.1) is 0 Å². The number of rotatable bonds is 6. The number of halogens is 1. The molecular formula is C13H14ClN3O2. The second kappa shape index (κ2) is 6.89. The monoisotopic (exact) mass is 279 g/mol. The topological polar surface area (TPSA) is 68.0 Å². The van der Waals surface area contributed by atoms with Crippen molar-refractivity contribution in [1.29, 1.82) is 0 Å². The number of nitrogens with zero attached hydrogens (tertiary/aromatic N) is 2. The number of hydrogen-bond acceptors (Lipinski definition) is 4. The first-order valence-corrected chi connectivity index (χ1v) is 6.58. The van der Waals surface area contributed by atoms with E-state index in [1.54, 1.807) is 0 Å². The summed E-state index contributed by atoms with van der Waals surface area (Å²) in [5.41, 5.74) is 0.817. The van der Waals surface area contributed by atoms with Gasteiger partial charge in [-0.05, 0) is 25.0 Å². The van der Waals surface area contributed by atoms with Gasteiger partial charge in [-0.25, -0.2) is 0 Å². The molecule has 0 spiro atoms. The van der Waals surface area contributed by atoms with Crippen LogP contribution in [0.1, 0.15) is 19.3 Å². The fourth-order valence-corrected chi connectivity index (χ4v) is 1.72. The molecule has 2 rings (SSSR count).